The highest BCUT2D eigenvalue weighted by molar-refractivity contribution is 5.92. The minimum absolute atomic E-state index is 0.146. The highest BCUT2D eigenvalue weighted by atomic mass is 16.2. The summed E-state index contributed by atoms with van der Waals surface area (Å²) >= 11 is 0. The van der Waals surface area contributed by atoms with Gasteiger partial charge in [0.15, 0.2) is 0 Å². The minimum atomic E-state index is -0.146. The topological polar surface area (TPSA) is 20.3 Å². The highest BCUT2D eigenvalue weighted by Gasteiger charge is 1.95. The Labute approximate surface area is 163 Å². The number of hydrogen-bond donors (Lipinski definition) is 0. The van der Waals surface area contributed by atoms with E-state index < -0.39 is 0 Å². The standard InChI is InChI=1S/C10H18.C8H12.C6H9NO/c1-7(2)9(5)10(6)8(3)4;1-5-6-8(4)7(2)3;1-4-5-6(8)7(2)3/h1-6H3;1-4H3;1-3H3. The molecule has 0 heterocycles. The summed E-state index contributed by atoms with van der Waals surface area (Å²) in [5.41, 5.74) is 8.18. The largest absolute Gasteiger partial charge is 0.338 e. The van der Waals surface area contributed by atoms with Crippen molar-refractivity contribution in [1.29, 1.82) is 0 Å². The Morgan fingerprint density at radius 1 is 0.615 bits per heavy atom. The Balaban J connectivity index is -0.000000308. The summed E-state index contributed by atoms with van der Waals surface area (Å²) in [6.07, 6.45) is 0. The van der Waals surface area contributed by atoms with Crippen LogP contribution in [0, 0.1) is 23.7 Å². The molecule has 0 atom stereocenters. The summed E-state index contributed by atoms with van der Waals surface area (Å²) in [5, 5.41) is 0. The Morgan fingerprint density at radius 2 is 0.962 bits per heavy atom. The van der Waals surface area contributed by atoms with Crippen LogP contribution >= 0.6 is 0 Å². The molecule has 0 aliphatic heterocycles. The molecule has 0 bridgehead atoms. The van der Waals surface area contributed by atoms with E-state index in [2.05, 4.69) is 79.1 Å². The lowest BCUT2D eigenvalue weighted by molar-refractivity contribution is -0.122. The molecule has 0 aliphatic rings. The van der Waals surface area contributed by atoms with E-state index in [-0.39, 0.29) is 5.91 Å². The van der Waals surface area contributed by atoms with Crippen molar-refractivity contribution in [1.82, 2.24) is 4.90 Å². The first-order valence-corrected chi connectivity index (χ1v) is 8.82. The van der Waals surface area contributed by atoms with Crippen LogP contribution in [0.3, 0.4) is 0 Å². The first kappa shape index (κ1) is 28.6. The second kappa shape index (κ2) is 16.3. The predicted molar refractivity (Wildman–Crippen MR) is 118 cm³/mol. The van der Waals surface area contributed by atoms with Crippen LogP contribution < -0.4 is 0 Å². The number of amides is 1. The maximum Gasteiger partial charge on any atom is 0.297 e. The van der Waals surface area contributed by atoms with Gasteiger partial charge in [0.25, 0.3) is 5.91 Å². The average Bonchev–Trinajstić information content (AvgIpc) is 2.54. The summed E-state index contributed by atoms with van der Waals surface area (Å²) in [4.78, 5) is 11.9. The smallest absolute Gasteiger partial charge is 0.297 e. The van der Waals surface area contributed by atoms with Crippen molar-refractivity contribution in [3.8, 4) is 23.7 Å². The SMILES string of the molecule is CC#CC(=O)N(C)C.CC#CC(C)=C(C)C.CC(C)=C(C)C(C)=C(C)C. The molecule has 146 valence electrons. The number of hydrogen-bond acceptors (Lipinski definition) is 1. The van der Waals surface area contributed by atoms with E-state index in [1.807, 2.05) is 13.8 Å². The van der Waals surface area contributed by atoms with Gasteiger partial charge in [-0.3, -0.25) is 4.79 Å². The summed E-state index contributed by atoms with van der Waals surface area (Å²) in [6.45, 7) is 22.6. The zero-order valence-electron chi connectivity index (χ0n) is 19.4. The van der Waals surface area contributed by atoms with Crippen molar-refractivity contribution in [2.24, 2.45) is 0 Å². The summed E-state index contributed by atoms with van der Waals surface area (Å²) in [5.74, 6) is 10.6. The third-order valence-corrected chi connectivity index (χ3v) is 3.76. The number of allylic oxidation sites excluding steroid dienone is 6. The fraction of sp³-hybridized carbons (Fsp3) is 0.542. The van der Waals surface area contributed by atoms with Crippen LogP contribution in [0.15, 0.2) is 33.4 Å². The second-order valence-corrected chi connectivity index (χ2v) is 6.82. The Bertz CT molecular complexity index is 628. The molecule has 0 aromatic heterocycles. The van der Waals surface area contributed by atoms with Crippen molar-refractivity contribution in [2.75, 3.05) is 14.1 Å². The number of nitrogens with zero attached hydrogens (tertiary/aromatic N) is 1. The van der Waals surface area contributed by atoms with Crippen molar-refractivity contribution in [3.63, 3.8) is 0 Å². The fourth-order valence-electron chi connectivity index (χ4n) is 1.28. The molecule has 0 rings (SSSR count). The molecule has 2 heteroatoms. The van der Waals surface area contributed by atoms with Crippen LogP contribution in [0.2, 0.25) is 0 Å². The van der Waals surface area contributed by atoms with Gasteiger partial charge in [0.2, 0.25) is 0 Å². The molecule has 0 aliphatic carbocycles. The normalized spacial score (nSPS) is 7.73. The van der Waals surface area contributed by atoms with Crippen LogP contribution in [0.5, 0.6) is 0 Å². The number of carbonyl (C=O) groups excluding carboxylic acids is 1. The molecule has 0 saturated carbocycles. The van der Waals surface area contributed by atoms with Gasteiger partial charge in [-0.25, -0.2) is 0 Å². The van der Waals surface area contributed by atoms with Crippen LogP contribution in [0.4, 0.5) is 0 Å². The molecule has 0 radical (unpaired) electrons. The van der Waals surface area contributed by atoms with Gasteiger partial charge in [-0.2, -0.15) is 0 Å². The fourth-order valence-corrected chi connectivity index (χ4v) is 1.28. The minimum Gasteiger partial charge on any atom is -0.338 e. The Morgan fingerprint density at radius 3 is 1.08 bits per heavy atom. The van der Waals surface area contributed by atoms with E-state index in [1.54, 1.807) is 21.0 Å². The molecule has 0 aromatic carbocycles. The first-order valence-electron chi connectivity index (χ1n) is 8.82. The molecule has 0 spiro atoms. The summed E-state index contributed by atoms with van der Waals surface area (Å²) < 4.78 is 0. The van der Waals surface area contributed by atoms with Crippen LogP contribution in [0.25, 0.3) is 0 Å². The Hall–Kier alpha value is -2.19. The zero-order valence-corrected chi connectivity index (χ0v) is 19.4. The van der Waals surface area contributed by atoms with Crippen LogP contribution in [0.1, 0.15) is 76.2 Å². The molecule has 0 fully saturated rings. The zero-order chi connectivity index (χ0) is 21.4. The monoisotopic (exact) mass is 357 g/mol. The average molecular weight is 358 g/mol. The predicted octanol–water partition coefficient (Wildman–Crippen LogP) is 6.16. The van der Waals surface area contributed by atoms with Gasteiger partial charge >= 0.3 is 0 Å². The van der Waals surface area contributed by atoms with E-state index in [9.17, 15) is 4.79 Å². The molecule has 1 amide bonds. The number of carbonyl (C=O) groups is 1. The molecular weight excluding hydrogens is 318 g/mol. The molecule has 0 N–H and O–H groups in total. The van der Waals surface area contributed by atoms with Gasteiger partial charge in [0.1, 0.15) is 0 Å². The van der Waals surface area contributed by atoms with E-state index in [0.717, 1.165) is 0 Å². The van der Waals surface area contributed by atoms with Gasteiger partial charge in [-0.05, 0) is 98.8 Å². The van der Waals surface area contributed by atoms with Gasteiger partial charge < -0.3 is 4.90 Å². The maximum absolute atomic E-state index is 10.5. The highest BCUT2D eigenvalue weighted by Crippen LogP contribution is 2.16. The van der Waals surface area contributed by atoms with Gasteiger partial charge in [-0.1, -0.05) is 28.6 Å². The second-order valence-electron chi connectivity index (χ2n) is 6.82. The summed E-state index contributed by atoms with van der Waals surface area (Å²) in [7, 11) is 3.35. The van der Waals surface area contributed by atoms with Crippen molar-refractivity contribution < 1.29 is 4.79 Å². The van der Waals surface area contributed by atoms with Crippen LogP contribution in [-0.4, -0.2) is 24.9 Å². The lowest BCUT2D eigenvalue weighted by Crippen LogP contribution is -2.19. The van der Waals surface area contributed by atoms with Crippen molar-refractivity contribution in [2.45, 2.75) is 76.2 Å². The van der Waals surface area contributed by atoms with Crippen molar-refractivity contribution in [3.05, 3.63) is 33.4 Å². The van der Waals surface area contributed by atoms with Crippen LogP contribution in [-0.2, 0) is 4.79 Å². The molecular formula is C24H39NO. The Kier molecular flexibility index (Phi) is 17.9. The quantitative estimate of drug-likeness (QED) is 0.406. The molecule has 0 saturated heterocycles. The van der Waals surface area contributed by atoms with E-state index >= 15 is 0 Å². The molecule has 26 heavy (non-hydrogen) atoms. The molecule has 2 nitrogen and oxygen atoms in total. The van der Waals surface area contributed by atoms with Crippen molar-refractivity contribution >= 4 is 5.91 Å². The van der Waals surface area contributed by atoms with Gasteiger partial charge in [0.05, 0.1) is 0 Å². The van der Waals surface area contributed by atoms with E-state index in [1.165, 1.54) is 38.3 Å². The number of rotatable bonds is 1. The maximum atomic E-state index is 10.5. The summed E-state index contributed by atoms with van der Waals surface area (Å²) in [6, 6.07) is 0. The third kappa shape index (κ3) is 16.7. The van der Waals surface area contributed by atoms with E-state index in [0.29, 0.717) is 0 Å². The molecule has 0 unspecified atom stereocenters. The third-order valence-electron chi connectivity index (χ3n) is 3.76. The van der Waals surface area contributed by atoms with Gasteiger partial charge in [0, 0.05) is 14.1 Å². The molecule has 0 aromatic rings. The lowest BCUT2D eigenvalue weighted by atomic mass is 10.0. The van der Waals surface area contributed by atoms with E-state index in [4.69, 9.17) is 0 Å². The van der Waals surface area contributed by atoms with Gasteiger partial charge in [-0.15, -0.1) is 5.92 Å². The first-order chi connectivity index (χ1) is 11.8. The lowest BCUT2D eigenvalue weighted by Gasteiger charge is -2.05.